The van der Waals surface area contributed by atoms with Crippen molar-refractivity contribution in [3.05, 3.63) is 17.0 Å². The standard InChI is InChI=1S/C16H24F3N3O/c1-15(2,3)10-13(23)20-8-9-22-12-7-5-4-6-11(12)14(21-22)16(17,18)19/h4-10H2,1-3H3,(H,20,23). The molecule has 0 atom stereocenters. The van der Waals surface area contributed by atoms with Gasteiger partial charge >= 0.3 is 6.18 Å². The second-order valence-electron chi connectivity index (χ2n) is 7.29. The summed E-state index contributed by atoms with van der Waals surface area (Å²) >= 11 is 0. The number of amides is 1. The summed E-state index contributed by atoms with van der Waals surface area (Å²) < 4.78 is 40.7. The lowest BCUT2D eigenvalue weighted by Gasteiger charge is -2.18. The molecule has 7 heteroatoms. The van der Waals surface area contributed by atoms with Crippen molar-refractivity contribution in [2.75, 3.05) is 6.54 Å². The van der Waals surface area contributed by atoms with Gasteiger partial charge in [-0.25, -0.2) is 0 Å². The highest BCUT2D eigenvalue weighted by Gasteiger charge is 2.39. The molecule has 1 aromatic heterocycles. The number of carbonyl (C=O) groups excluding carboxylic acids is 1. The molecule has 0 aromatic carbocycles. The van der Waals surface area contributed by atoms with Gasteiger partial charge in [-0.3, -0.25) is 9.48 Å². The number of fused-ring (bicyclic) bond motifs is 1. The molecule has 130 valence electrons. The number of nitrogens with one attached hydrogen (secondary N) is 1. The summed E-state index contributed by atoms with van der Waals surface area (Å²) in [6.45, 7) is 6.46. The van der Waals surface area contributed by atoms with E-state index in [1.54, 1.807) is 0 Å². The molecule has 1 amide bonds. The molecule has 4 nitrogen and oxygen atoms in total. The van der Waals surface area contributed by atoms with Crippen LogP contribution in [0.3, 0.4) is 0 Å². The number of carbonyl (C=O) groups is 1. The van der Waals surface area contributed by atoms with Gasteiger partial charge in [-0.2, -0.15) is 18.3 Å². The first-order valence-electron chi connectivity index (χ1n) is 8.00. The summed E-state index contributed by atoms with van der Waals surface area (Å²) in [7, 11) is 0. The predicted molar refractivity (Wildman–Crippen MR) is 81.0 cm³/mol. The van der Waals surface area contributed by atoms with Gasteiger partial charge in [0.1, 0.15) is 0 Å². The van der Waals surface area contributed by atoms with Crippen LogP contribution in [0.4, 0.5) is 13.2 Å². The van der Waals surface area contributed by atoms with Crippen molar-refractivity contribution in [1.82, 2.24) is 15.1 Å². The van der Waals surface area contributed by atoms with Crippen molar-refractivity contribution in [2.24, 2.45) is 5.41 Å². The van der Waals surface area contributed by atoms with Gasteiger partial charge in [0.05, 0.1) is 6.54 Å². The normalized spacial score (nSPS) is 15.4. The molecular formula is C16H24F3N3O. The Balaban J connectivity index is 2.03. The van der Waals surface area contributed by atoms with Crippen LogP contribution in [-0.4, -0.2) is 22.2 Å². The zero-order valence-electron chi connectivity index (χ0n) is 13.9. The van der Waals surface area contributed by atoms with Gasteiger partial charge < -0.3 is 5.32 Å². The fourth-order valence-corrected chi connectivity index (χ4v) is 2.93. The average molecular weight is 331 g/mol. The number of nitrogens with zero attached hydrogens (tertiary/aromatic N) is 2. The molecule has 0 radical (unpaired) electrons. The molecule has 1 N–H and O–H groups in total. The Hall–Kier alpha value is -1.53. The van der Waals surface area contributed by atoms with Crippen molar-refractivity contribution in [3.63, 3.8) is 0 Å². The minimum absolute atomic E-state index is 0.0884. The Morgan fingerprint density at radius 1 is 1.22 bits per heavy atom. The SMILES string of the molecule is CC(C)(C)CC(=O)NCCn1nc(C(F)(F)F)c2c1CCCC2. The van der Waals surface area contributed by atoms with E-state index in [-0.39, 0.29) is 17.9 Å². The van der Waals surface area contributed by atoms with Gasteiger partial charge in [0.15, 0.2) is 5.69 Å². The maximum atomic E-state index is 13.1. The summed E-state index contributed by atoms with van der Waals surface area (Å²) in [4.78, 5) is 11.8. The van der Waals surface area contributed by atoms with E-state index in [1.165, 1.54) is 4.68 Å². The van der Waals surface area contributed by atoms with Crippen LogP contribution < -0.4 is 5.32 Å². The Labute approximate surface area is 134 Å². The molecule has 1 aromatic rings. The summed E-state index contributed by atoms with van der Waals surface area (Å²) in [5.74, 6) is -0.0884. The monoisotopic (exact) mass is 331 g/mol. The second-order valence-corrected chi connectivity index (χ2v) is 7.29. The topological polar surface area (TPSA) is 46.9 Å². The molecule has 0 spiro atoms. The van der Waals surface area contributed by atoms with Crippen LogP contribution in [0.15, 0.2) is 0 Å². The molecule has 0 saturated carbocycles. The number of hydrogen-bond acceptors (Lipinski definition) is 2. The lowest BCUT2D eigenvalue weighted by molar-refractivity contribution is -0.142. The third-order valence-corrected chi connectivity index (χ3v) is 3.86. The predicted octanol–water partition coefficient (Wildman–Crippen LogP) is 3.33. The Kier molecular flexibility index (Phi) is 5.06. The fourth-order valence-electron chi connectivity index (χ4n) is 2.93. The summed E-state index contributed by atoms with van der Waals surface area (Å²) in [6, 6.07) is 0. The summed E-state index contributed by atoms with van der Waals surface area (Å²) in [5.41, 5.74) is 0.143. The number of aromatic nitrogens is 2. The van der Waals surface area contributed by atoms with Crippen molar-refractivity contribution in [2.45, 2.75) is 65.6 Å². The maximum Gasteiger partial charge on any atom is 0.435 e. The van der Waals surface area contributed by atoms with Crippen LogP contribution in [0.1, 0.15) is 57.0 Å². The molecule has 1 heterocycles. The van der Waals surface area contributed by atoms with Gasteiger partial charge in [-0.15, -0.1) is 0 Å². The van der Waals surface area contributed by atoms with Gasteiger partial charge in [0.2, 0.25) is 5.91 Å². The number of halogens is 3. The van der Waals surface area contributed by atoms with Gasteiger partial charge in [-0.1, -0.05) is 20.8 Å². The van der Waals surface area contributed by atoms with E-state index in [2.05, 4.69) is 10.4 Å². The van der Waals surface area contributed by atoms with Crippen LogP contribution >= 0.6 is 0 Å². The number of rotatable bonds is 4. The average Bonchev–Trinajstić information content (AvgIpc) is 2.76. The Bertz CT molecular complexity index is 570. The van der Waals surface area contributed by atoms with Crippen LogP contribution in [-0.2, 0) is 30.4 Å². The van der Waals surface area contributed by atoms with E-state index in [1.807, 2.05) is 20.8 Å². The molecule has 0 saturated heterocycles. The largest absolute Gasteiger partial charge is 0.435 e. The highest BCUT2D eigenvalue weighted by Crippen LogP contribution is 2.35. The molecule has 0 unspecified atom stereocenters. The van der Waals surface area contributed by atoms with Crippen LogP contribution in [0.25, 0.3) is 0 Å². The molecule has 0 bridgehead atoms. The minimum atomic E-state index is -4.41. The third kappa shape index (κ3) is 4.72. The smallest absolute Gasteiger partial charge is 0.354 e. The van der Waals surface area contributed by atoms with E-state index >= 15 is 0 Å². The van der Waals surface area contributed by atoms with Crippen LogP contribution in [0.2, 0.25) is 0 Å². The van der Waals surface area contributed by atoms with Crippen molar-refractivity contribution in [1.29, 1.82) is 0 Å². The summed E-state index contributed by atoms with van der Waals surface area (Å²) in [6.07, 6.45) is -1.33. The lowest BCUT2D eigenvalue weighted by Crippen LogP contribution is -2.31. The number of hydrogen-bond donors (Lipinski definition) is 1. The Morgan fingerprint density at radius 3 is 2.48 bits per heavy atom. The fraction of sp³-hybridized carbons (Fsp3) is 0.750. The zero-order chi connectivity index (χ0) is 17.3. The molecular weight excluding hydrogens is 307 g/mol. The van der Waals surface area contributed by atoms with Crippen molar-refractivity contribution in [3.8, 4) is 0 Å². The second kappa shape index (κ2) is 6.53. The van der Waals surface area contributed by atoms with Gasteiger partial charge in [-0.05, 0) is 31.1 Å². The van der Waals surface area contributed by atoms with Crippen molar-refractivity contribution >= 4 is 5.91 Å². The molecule has 1 aliphatic carbocycles. The molecule has 0 aliphatic heterocycles. The first-order valence-corrected chi connectivity index (χ1v) is 8.00. The van der Waals surface area contributed by atoms with E-state index in [0.29, 0.717) is 37.1 Å². The quantitative estimate of drug-likeness (QED) is 0.920. The zero-order valence-corrected chi connectivity index (χ0v) is 13.9. The van der Waals surface area contributed by atoms with Crippen LogP contribution in [0, 0.1) is 5.41 Å². The van der Waals surface area contributed by atoms with Crippen molar-refractivity contribution < 1.29 is 18.0 Å². The van der Waals surface area contributed by atoms with Crippen LogP contribution in [0.5, 0.6) is 0 Å². The van der Waals surface area contributed by atoms with E-state index in [0.717, 1.165) is 12.8 Å². The maximum absolute atomic E-state index is 13.1. The lowest BCUT2D eigenvalue weighted by atomic mass is 9.92. The van der Waals surface area contributed by atoms with Gasteiger partial charge in [0, 0.05) is 24.2 Å². The molecule has 0 fully saturated rings. The Morgan fingerprint density at radius 2 is 1.87 bits per heavy atom. The third-order valence-electron chi connectivity index (χ3n) is 3.86. The molecule has 1 aliphatic rings. The number of alkyl halides is 3. The molecule has 2 rings (SSSR count). The first-order chi connectivity index (χ1) is 10.6. The summed E-state index contributed by atoms with van der Waals surface area (Å²) in [5, 5.41) is 6.54. The highest BCUT2D eigenvalue weighted by atomic mass is 19.4. The molecule has 23 heavy (non-hydrogen) atoms. The van der Waals surface area contributed by atoms with Gasteiger partial charge in [0.25, 0.3) is 0 Å². The van der Waals surface area contributed by atoms with E-state index in [9.17, 15) is 18.0 Å². The highest BCUT2D eigenvalue weighted by molar-refractivity contribution is 5.76. The first kappa shape index (κ1) is 17.8. The van der Waals surface area contributed by atoms with E-state index < -0.39 is 11.9 Å². The van der Waals surface area contributed by atoms with E-state index in [4.69, 9.17) is 0 Å². The minimum Gasteiger partial charge on any atom is -0.354 e.